The fourth-order valence-corrected chi connectivity index (χ4v) is 2.46. The number of hydrogen-bond donors (Lipinski definition) is 1. The molecule has 0 atom stereocenters. The van der Waals surface area contributed by atoms with Gasteiger partial charge in [0.25, 0.3) is 0 Å². The first-order chi connectivity index (χ1) is 8.15. The first kappa shape index (κ1) is 12.2. The predicted octanol–water partition coefficient (Wildman–Crippen LogP) is 3.76. The third-order valence-electron chi connectivity index (χ3n) is 2.37. The van der Waals surface area contributed by atoms with Crippen LogP contribution < -0.4 is 10.5 Å². The first-order valence-corrected chi connectivity index (χ1v) is 6.04. The van der Waals surface area contributed by atoms with E-state index in [1.807, 2.05) is 12.1 Å². The number of benzene rings is 1. The molecule has 0 radical (unpaired) electrons. The fraction of sp³-hybridized carbons (Fsp3) is 0.0833. The zero-order valence-corrected chi connectivity index (χ0v) is 11.4. The molecule has 0 aliphatic rings. The molecule has 0 saturated heterocycles. The van der Waals surface area contributed by atoms with E-state index in [2.05, 4.69) is 20.9 Å². The van der Waals surface area contributed by atoms with Crippen molar-refractivity contribution in [1.29, 1.82) is 0 Å². The summed E-state index contributed by atoms with van der Waals surface area (Å²) >= 11 is 9.52. The number of rotatable bonds is 2. The number of nitrogens with two attached hydrogens (primary N) is 1. The maximum absolute atomic E-state index is 6.09. The molecular weight excluding hydrogens is 304 g/mol. The molecule has 0 unspecified atom stereocenters. The van der Waals surface area contributed by atoms with E-state index in [1.54, 1.807) is 25.6 Å². The van der Waals surface area contributed by atoms with E-state index in [4.69, 9.17) is 22.1 Å². The summed E-state index contributed by atoms with van der Waals surface area (Å²) in [5, 5.41) is 0.549. The van der Waals surface area contributed by atoms with E-state index in [9.17, 15) is 0 Å². The molecule has 2 aromatic rings. The molecule has 2 rings (SSSR count). The SMILES string of the molecule is COc1c(Cl)cccc1-c1c(N)cncc1Br. The molecule has 0 saturated carbocycles. The Morgan fingerprint density at radius 3 is 2.76 bits per heavy atom. The number of para-hydroxylation sites is 1. The highest BCUT2D eigenvalue weighted by Crippen LogP contribution is 2.41. The van der Waals surface area contributed by atoms with Crippen molar-refractivity contribution in [3.05, 3.63) is 40.1 Å². The number of methoxy groups -OCH3 is 1. The van der Waals surface area contributed by atoms with Gasteiger partial charge in [0, 0.05) is 21.8 Å². The molecule has 3 nitrogen and oxygen atoms in total. The first-order valence-electron chi connectivity index (χ1n) is 4.87. The van der Waals surface area contributed by atoms with Crippen LogP contribution in [0, 0.1) is 0 Å². The zero-order chi connectivity index (χ0) is 12.4. The smallest absolute Gasteiger partial charge is 0.145 e. The van der Waals surface area contributed by atoms with Crippen molar-refractivity contribution >= 4 is 33.2 Å². The lowest BCUT2D eigenvalue weighted by molar-refractivity contribution is 0.416. The molecule has 0 aliphatic carbocycles. The second-order valence-electron chi connectivity index (χ2n) is 3.41. The van der Waals surface area contributed by atoms with Crippen LogP contribution in [0.3, 0.4) is 0 Å². The average Bonchev–Trinajstić information content (AvgIpc) is 2.29. The Morgan fingerprint density at radius 2 is 2.12 bits per heavy atom. The standard InChI is InChI=1S/C12H10BrClN2O/c1-17-12-7(3-2-4-9(12)14)11-8(13)5-16-6-10(11)15/h2-6H,15H2,1H3. The molecule has 1 aromatic heterocycles. The molecule has 2 N–H and O–H groups in total. The number of halogens is 2. The Balaban J connectivity index is 2.73. The van der Waals surface area contributed by atoms with Crippen molar-refractivity contribution in [3.8, 4) is 16.9 Å². The quantitative estimate of drug-likeness (QED) is 0.918. The van der Waals surface area contributed by atoms with Crippen LogP contribution in [0.5, 0.6) is 5.75 Å². The van der Waals surface area contributed by atoms with Crippen molar-refractivity contribution < 1.29 is 4.74 Å². The molecule has 1 heterocycles. The number of aromatic nitrogens is 1. The maximum Gasteiger partial charge on any atom is 0.145 e. The van der Waals surface area contributed by atoms with Gasteiger partial charge < -0.3 is 10.5 Å². The highest BCUT2D eigenvalue weighted by Gasteiger charge is 2.14. The Bertz CT molecular complexity index is 540. The van der Waals surface area contributed by atoms with Crippen LogP contribution in [0.25, 0.3) is 11.1 Å². The monoisotopic (exact) mass is 312 g/mol. The molecular formula is C12H10BrClN2O. The summed E-state index contributed by atoms with van der Waals surface area (Å²) in [6, 6.07) is 5.53. The number of anilines is 1. The van der Waals surface area contributed by atoms with E-state index in [-0.39, 0.29) is 0 Å². The van der Waals surface area contributed by atoms with Crippen LogP contribution in [0.15, 0.2) is 35.1 Å². The van der Waals surface area contributed by atoms with Crippen molar-refractivity contribution in [2.45, 2.75) is 0 Å². The third-order valence-corrected chi connectivity index (χ3v) is 3.27. The minimum absolute atomic E-state index is 0.549. The van der Waals surface area contributed by atoms with Gasteiger partial charge in [0.1, 0.15) is 5.75 Å². The number of pyridine rings is 1. The molecule has 0 spiro atoms. The van der Waals surface area contributed by atoms with Gasteiger partial charge in [-0.3, -0.25) is 4.98 Å². The van der Waals surface area contributed by atoms with Gasteiger partial charge in [0.2, 0.25) is 0 Å². The number of nitrogens with zero attached hydrogens (tertiary/aromatic N) is 1. The largest absolute Gasteiger partial charge is 0.495 e. The molecule has 17 heavy (non-hydrogen) atoms. The van der Waals surface area contributed by atoms with Crippen molar-refractivity contribution in [2.24, 2.45) is 0 Å². The van der Waals surface area contributed by atoms with Gasteiger partial charge in [-0.05, 0) is 22.0 Å². The van der Waals surface area contributed by atoms with Crippen LogP contribution >= 0.6 is 27.5 Å². The van der Waals surface area contributed by atoms with Crippen LogP contribution in [0.4, 0.5) is 5.69 Å². The lowest BCUT2D eigenvalue weighted by atomic mass is 10.0. The van der Waals surface area contributed by atoms with Crippen molar-refractivity contribution in [3.63, 3.8) is 0 Å². The van der Waals surface area contributed by atoms with Crippen LogP contribution in [0.2, 0.25) is 5.02 Å². The lowest BCUT2D eigenvalue weighted by Crippen LogP contribution is -1.95. The summed E-state index contributed by atoms with van der Waals surface area (Å²) in [4.78, 5) is 4.00. The summed E-state index contributed by atoms with van der Waals surface area (Å²) < 4.78 is 6.12. The van der Waals surface area contributed by atoms with Crippen molar-refractivity contribution in [1.82, 2.24) is 4.98 Å². The fourth-order valence-electron chi connectivity index (χ4n) is 1.65. The Hall–Kier alpha value is -1.26. The summed E-state index contributed by atoms with van der Waals surface area (Å²) in [7, 11) is 1.58. The Labute approximate surface area is 113 Å². The minimum atomic E-state index is 0.549. The van der Waals surface area contributed by atoms with Gasteiger partial charge in [-0.25, -0.2) is 0 Å². The third kappa shape index (κ3) is 2.23. The second-order valence-corrected chi connectivity index (χ2v) is 4.67. The van der Waals surface area contributed by atoms with Gasteiger partial charge in [-0.2, -0.15) is 0 Å². The van der Waals surface area contributed by atoms with Crippen LogP contribution in [-0.4, -0.2) is 12.1 Å². The number of nitrogen functional groups attached to an aromatic ring is 1. The summed E-state index contributed by atoms with van der Waals surface area (Å²) in [6.45, 7) is 0. The lowest BCUT2D eigenvalue weighted by Gasteiger charge is -2.13. The van der Waals surface area contributed by atoms with E-state index in [1.165, 1.54) is 0 Å². The summed E-state index contributed by atoms with van der Waals surface area (Å²) in [5.74, 6) is 0.604. The molecule has 0 aliphatic heterocycles. The van der Waals surface area contributed by atoms with Crippen molar-refractivity contribution in [2.75, 3.05) is 12.8 Å². The van der Waals surface area contributed by atoms with E-state index in [0.717, 1.165) is 15.6 Å². The molecule has 0 bridgehead atoms. The van der Waals surface area contributed by atoms with Gasteiger partial charge in [0.05, 0.1) is 24.0 Å². The molecule has 1 aromatic carbocycles. The van der Waals surface area contributed by atoms with Gasteiger partial charge in [-0.1, -0.05) is 23.7 Å². The topological polar surface area (TPSA) is 48.1 Å². The Kier molecular flexibility index (Phi) is 3.54. The van der Waals surface area contributed by atoms with Crippen LogP contribution in [0.1, 0.15) is 0 Å². The van der Waals surface area contributed by atoms with E-state index in [0.29, 0.717) is 16.5 Å². The maximum atomic E-state index is 6.09. The van der Waals surface area contributed by atoms with Crippen LogP contribution in [-0.2, 0) is 0 Å². The number of hydrogen-bond acceptors (Lipinski definition) is 3. The molecule has 0 amide bonds. The zero-order valence-electron chi connectivity index (χ0n) is 9.08. The molecule has 5 heteroatoms. The van der Waals surface area contributed by atoms with Gasteiger partial charge in [0.15, 0.2) is 0 Å². The summed E-state index contributed by atoms with van der Waals surface area (Å²) in [5.41, 5.74) is 8.18. The average molecular weight is 314 g/mol. The predicted molar refractivity (Wildman–Crippen MR) is 73.3 cm³/mol. The van der Waals surface area contributed by atoms with Gasteiger partial charge in [-0.15, -0.1) is 0 Å². The molecule has 0 fully saturated rings. The van der Waals surface area contributed by atoms with Gasteiger partial charge >= 0.3 is 0 Å². The second kappa shape index (κ2) is 4.94. The Morgan fingerprint density at radius 1 is 1.35 bits per heavy atom. The highest BCUT2D eigenvalue weighted by atomic mass is 79.9. The highest BCUT2D eigenvalue weighted by molar-refractivity contribution is 9.10. The minimum Gasteiger partial charge on any atom is -0.495 e. The van der Waals surface area contributed by atoms with E-state index >= 15 is 0 Å². The molecule has 88 valence electrons. The van der Waals surface area contributed by atoms with E-state index < -0.39 is 0 Å². The normalized spacial score (nSPS) is 10.3. The summed E-state index contributed by atoms with van der Waals surface area (Å²) in [6.07, 6.45) is 3.28. The number of ether oxygens (including phenoxy) is 1.